The van der Waals surface area contributed by atoms with Gasteiger partial charge in [-0.25, -0.2) is 17.6 Å². The van der Waals surface area contributed by atoms with E-state index in [-0.39, 0.29) is 6.42 Å². The van der Waals surface area contributed by atoms with Gasteiger partial charge in [-0.05, 0) is 12.3 Å². The van der Waals surface area contributed by atoms with Crippen LogP contribution in [0, 0.1) is 23.3 Å². The molecule has 1 aromatic rings. The lowest BCUT2D eigenvalue weighted by Gasteiger charge is -2.13. The quantitative estimate of drug-likeness (QED) is 0.523. The summed E-state index contributed by atoms with van der Waals surface area (Å²) in [6.07, 6.45) is -0.0795. The molecular weight excluding hydrogens is 208 g/mol. The Morgan fingerprint density at radius 3 is 1.53 bits per heavy atom. The van der Waals surface area contributed by atoms with E-state index in [1.165, 1.54) is 20.8 Å². The maximum atomic E-state index is 13.4. The number of hydrogen-bond donors (Lipinski definition) is 0. The number of halogens is 4. The van der Waals surface area contributed by atoms with Crippen LogP contribution in [0.3, 0.4) is 0 Å². The van der Waals surface area contributed by atoms with E-state index in [1.807, 2.05) is 0 Å². The van der Waals surface area contributed by atoms with Crippen molar-refractivity contribution in [2.24, 2.45) is 0 Å². The van der Waals surface area contributed by atoms with Crippen molar-refractivity contribution in [3.63, 3.8) is 0 Å². The highest BCUT2D eigenvalue weighted by Gasteiger charge is 2.25. The molecule has 0 heterocycles. The molecule has 0 aliphatic rings. The fourth-order valence-electron chi connectivity index (χ4n) is 1.51. The summed E-state index contributed by atoms with van der Waals surface area (Å²) < 4.78 is 53.3. The largest absolute Gasteiger partial charge is 0.203 e. The summed E-state index contributed by atoms with van der Waals surface area (Å²) in [5.41, 5.74) is -1.06. The molecule has 4 heteroatoms. The smallest absolute Gasteiger partial charge is 0.165 e. The van der Waals surface area contributed by atoms with Crippen LogP contribution in [0.1, 0.15) is 37.8 Å². The van der Waals surface area contributed by atoms with Crippen LogP contribution >= 0.6 is 0 Å². The Labute approximate surface area is 85.9 Å². The first-order chi connectivity index (χ1) is 6.91. The molecule has 0 amide bonds. The molecule has 0 aromatic heterocycles. The van der Waals surface area contributed by atoms with Gasteiger partial charge in [-0.3, -0.25) is 0 Å². The number of benzene rings is 1. The van der Waals surface area contributed by atoms with Crippen molar-refractivity contribution in [3.05, 3.63) is 34.4 Å². The summed E-state index contributed by atoms with van der Waals surface area (Å²) in [5.74, 6) is -5.71. The molecular formula is C11H12F4. The van der Waals surface area contributed by atoms with Gasteiger partial charge in [0.05, 0.1) is 0 Å². The van der Waals surface area contributed by atoms with E-state index in [0.29, 0.717) is 0 Å². The lowest BCUT2D eigenvalue weighted by molar-refractivity contribution is 0.421. The van der Waals surface area contributed by atoms with E-state index in [0.717, 1.165) is 0 Å². The first-order valence-electron chi connectivity index (χ1n) is 4.76. The zero-order valence-corrected chi connectivity index (χ0v) is 8.80. The molecule has 0 nitrogen and oxygen atoms in total. The summed E-state index contributed by atoms with van der Waals surface area (Å²) in [4.78, 5) is 0. The first kappa shape index (κ1) is 12.0. The Balaban J connectivity index is 3.59. The minimum absolute atomic E-state index is 0.0795. The van der Waals surface area contributed by atoms with Gasteiger partial charge in [0, 0.05) is 11.1 Å². The van der Waals surface area contributed by atoms with Crippen molar-refractivity contribution >= 4 is 0 Å². The van der Waals surface area contributed by atoms with Crippen LogP contribution in [0.2, 0.25) is 0 Å². The Kier molecular flexibility index (Phi) is 3.37. The third-order valence-electron chi connectivity index (χ3n) is 2.32. The average Bonchev–Trinajstić information content (AvgIpc) is 2.16. The van der Waals surface area contributed by atoms with Crippen LogP contribution in [0.15, 0.2) is 0 Å². The van der Waals surface area contributed by atoms with Gasteiger partial charge in [-0.1, -0.05) is 20.8 Å². The molecule has 1 aromatic carbocycles. The van der Waals surface area contributed by atoms with Crippen LogP contribution in [0.5, 0.6) is 0 Å². The van der Waals surface area contributed by atoms with Gasteiger partial charge in [0.25, 0.3) is 0 Å². The fourth-order valence-corrected chi connectivity index (χ4v) is 1.51. The van der Waals surface area contributed by atoms with Crippen LogP contribution < -0.4 is 0 Å². The molecule has 0 N–H and O–H groups in total. The normalized spacial score (nSPS) is 11.2. The highest BCUT2D eigenvalue weighted by Crippen LogP contribution is 2.29. The third kappa shape index (κ3) is 1.85. The SMILES string of the molecule is CCc1c(F)c(F)c(C(C)C)c(F)c1F. The van der Waals surface area contributed by atoms with E-state index < -0.39 is 40.3 Å². The highest BCUT2D eigenvalue weighted by molar-refractivity contribution is 5.31. The highest BCUT2D eigenvalue weighted by atomic mass is 19.2. The van der Waals surface area contributed by atoms with Gasteiger partial charge in [-0.2, -0.15) is 0 Å². The fraction of sp³-hybridized carbons (Fsp3) is 0.455. The lowest BCUT2D eigenvalue weighted by Crippen LogP contribution is -2.09. The molecule has 0 saturated heterocycles. The Bertz CT molecular complexity index is 354. The predicted octanol–water partition coefficient (Wildman–Crippen LogP) is 3.93. The lowest BCUT2D eigenvalue weighted by atomic mass is 9.98. The van der Waals surface area contributed by atoms with Crippen LogP contribution in [-0.4, -0.2) is 0 Å². The summed E-state index contributed by atoms with van der Waals surface area (Å²) in [7, 11) is 0. The molecule has 0 unspecified atom stereocenters. The molecule has 0 saturated carbocycles. The van der Waals surface area contributed by atoms with Gasteiger partial charge in [-0.15, -0.1) is 0 Å². The molecule has 0 atom stereocenters. The number of hydrogen-bond acceptors (Lipinski definition) is 0. The van der Waals surface area contributed by atoms with E-state index in [1.54, 1.807) is 0 Å². The molecule has 0 aliphatic heterocycles. The molecule has 1 rings (SSSR count). The van der Waals surface area contributed by atoms with Crippen molar-refractivity contribution in [2.75, 3.05) is 0 Å². The second-order valence-electron chi connectivity index (χ2n) is 3.66. The standard InChI is InChI=1S/C11H12F4/c1-4-6-8(12)10(14)7(5(2)3)11(15)9(6)13/h5H,4H2,1-3H3. The van der Waals surface area contributed by atoms with Gasteiger partial charge >= 0.3 is 0 Å². The molecule has 0 fully saturated rings. The van der Waals surface area contributed by atoms with Gasteiger partial charge in [0.1, 0.15) is 0 Å². The van der Waals surface area contributed by atoms with Gasteiger partial charge in [0.15, 0.2) is 23.3 Å². The van der Waals surface area contributed by atoms with Crippen molar-refractivity contribution in [1.82, 2.24) is 0 Å². The van der Waals surface area contributed by atoms with E-state index in [9.17, 15) is 17.6 Å². The summed E-state index contributed by atoms with van der Waals surface area (Å²) in [6.45, 7) is 4.40. The summed E-state index contributed by atoms with van der Waals surface area (Å²) >= 11 is 0. The van der Waals surface area contributed by atoms with Crippen LogP contribution in [-0.2, 0) is 6.42 Å². The van der Waals surface area contributed by atoms with Gasteiger partial charge in [0.2, 0.25) is 0 Å². The second-order valence-corrected chi connectivity index (χ2v) is 3.66. The molecule has 0 aliphatic carbocycles. The third-order valence-corrected chi connectivity index (χ3v) is 2.32. The van der Waals surface area contributed by atoms with Crippen LogP contribution in [0.4, 0.5) is 17.6 Å². The average molecular weight is 220 g/mol. The Morgan fingerprint density at radius 1 is 0.867 bits per heavy atom. The Morgan fingerprint density at radius 2 is 1.27 bits per heavy atom. The summed E-state index contributed by atoms with van der Waals surface area (Å²) in [6, 6.07) is 0. The molecule has 15 heavy (non-hydrogen) atoms. The molecule has 0 radical (unpaired) electrons. The van der Waals surface area contributed by atoms with Crippen LogP contribution in [0.25, 0.3) is 0 Å². The molecule has 84 valence electrons. The van der Waals surface area contributed by atoms with E-state index in [4.69, 9.17) is 0 Å². The Hall–Kier alpha value is -1.06. The molecule has 0 bridgehead atoms. The van der Waals surface area contributed by atoms with Crippen molar-refractivity contribution in [1.29, 1.82) is 0 Å². The maximum absolute atomic E-state index is 13.4. The maximum Gasteiger partial charge on any atom is 0.165 e. The van der Waals surface area contributed by atoms with E-state index >= 15 is 0 Å². The second kappa shape index (κ2) is 4.21. The number of rotatable bonds is 2. The van der Waals surface area contributed by atoms with E-state index in [2.05, 4.69) is 0 Å². The molecule has 0 spiro atoms. The topological polar surface area (TPSA) is 0 Å². The van der Waals surface area contributed by atoms with Gasteiger partial charge < -0.3 is 0 Å². The predicted molar refractivity (Wildman–Crippen MR) is 49.7 cm³/mol. The zero-order chi connectivity index (χ0) is 11.7. The summed E-state index contributed by atoms with van der Waals surface area (Å²) in [5, 5.41) is 0. The zero-order valence-electron chi connectivity index (χ0n) is 8.80. The van der Waals surface area contributed by atoms with Crippen molar-refractivity contribution < 1.29 is 17.6 Å². The first-order valence-corrected chi connectivity index (χ1v) is 4.76. The minimum atomic E-state index is -1.28. The monoisotopic (exact) mass is 220 g/mol. The van der Waals surface area contributed by atoms with Crippen molar-refractivity contribution in [3.8, 4) is 0 Å². The van der Waals surface area contributed by atoms with Crippen molar-refractivity contribution in [2.45, 2.75) is 33.1 Å². The minimum Gasteiger partial charge on any atom is -0.203 e.